The number of fused-ring (bicyclic) bond motifs is 5. The molecule has 1 aliphatic rings. The molecular formula is C25H25N7O3S. The third-order valence-corrected chi connectivity index (χ3v) is 8.12. The zero-order valence-electron chi connectivity index (χ0n) is 19.9. The van der Waals surface area contributed by atoms with Gasteiger partial charge in [-0.15, -0.1) is 11.3 Å². The molecule has 1 aliphatic heterocycles. The highest BCUT2D eigenvalue weighted by Crippen LogP contribution is 2.32. The van der Waals surface area contributed by atoms with Crippen molar-refractivity contribution < 1.29 is 4.79 Å². The van der Waals surface area contributed by atoms with Gasteiger partial charge in [0.1, 0.15) is 21.3 Å². The lowest BCUT2D eigenvalue weighted by molar-refractivity contribution is 0.0940. The number of pyridine rings is 3. The average molecular weight is 504 g/mol. The van der Waals surface area contributed by atoms with E-state index in [9.17, 15) is 14.4 Å². The van der Waals surface area contributed by atoms with E-state index in [4.69, 9.17) is 0 Å². The van der Waals surface area contributed by atoms with Gasteiger partial charge in [0, 0.05) is 48.8 Å². The van der Waals surface area contributed by atoms with Crippen LogP contribution in [0.3, 0.4) is 0 Å². The number of aromatic nitrogens is 5. The molecule has 0 aliphatic carbocycles. The van der Waals surface area contributed by atoms with Crippen LogP contribution in [0.4, 0.5) is 0 Å². The summed E-state index contributed by atoms with van der Waals surface area (Å²) in [6.45, 7) is 6.86. The molecule has 5 aromatic heterocycles. The highest BCUT2D eigenvalue weighted by Gasteiger charge is 2.31. The van der Waals surface area contributed by atoms with E-state index in [0.29, 0.717) is 38.9 Å². The van der Waals surface area contributed by atoms with Crippen LogP contribution in [0.15, 0.2) is 46.4 Å². The highest BCUT2D eigenvalue weighted by atomic mass is 32.1. The Hall–Kier alpha value is -3.83. The molecule has 0 aromatic carbocycles. The third kappa shape index (κ3) is 3.80. The Labute approximate surface area is 209 Å². The Balaban J connectivity index is 1.29. The summed E-state index contributed by atoms with van der Waals surface area (Å²) in [6.07, 6.45) is 7.32. The number of hydrogen-bond acceptors (Lipinski definition) is 7. The largest absolute Gasteiger partial charge is 0.351 e. The molecule has 6 heterocycles. The number of aromatic amines is 2. The van der Waals surface area contributed by atoms with E-state index >= 15 is 0 Å². The van der Waals surface area contributed by atoms with E-state index in [1.165, 1.54) is 30.0 Å². The number of nitrogens with one attached hydrogen (secondary N) is 3. The van der Waals surface area contributed by atoms with Crippen molar-refractivity contribution in [1.82, 2.24) is 34.8 Å². The second-order valence-corrected chi connectivity index (χ2v) is 10.8. The van der Waals surface area contributed by atoms with Gasteiger partial charge in [-0.25, -0.2) is 4.52 Å². The van der Waals surface area contributed by atoms with Crippen LogP contribution in [-0.2, 0) is 0 Å². The van der Waals surface area contributed by atoms with Crippen LogP contribution in [0.25, 0.3) is 37.2 Å². The van der Waals surface area contributed by atoms with Crippen LogP contribution in [0, 0.1) is 0 Å². The zero-order valence-corrected chi connectivity index (χ0v) is 20.7. The normalized spacial score (nSPS) is 15.8. The number of rotatable bonds is 5. The van der Waals surface area contributed by atoms with Gasteiger partial charge >= 0.3 is 0 Å². The molecule has 0 saturated carbocycles. The number of nitrogens with zero attached hydrogens (tertiary/aromatic N) is 4. The summed E-state index contributed by atoms with van der Waals surface area (Å²) in [6, 6.07) is 4.84. The van der Waals surface area contributed by atoms with E-state index in [0.717, 1.165) is 30.0 Å². The minimum absolute atomic E-state index is 0.166. The molecule has 1 fully saturated rings. The van der Waals surface area contributed by atoms with Crippen molar-refractivity contribution in [1.29, 1.82) is 0 Å². The maximum atomic E-state index is 13.0. The van der Waals surface area contributed by atoms with Gasteiger partial charge in [-0.2, -0.15) is 5.10 Å². The molecule has 5 aromatic rings. The van der Waals surface area contributed by atoms with Crippen LogP contribution < -0.4 is 16.4 Å². The molecule has 10 nitrogen and oxygen atoms in total. The van der Waals surface area contributed by atoms with Gasteiger partial charge < -0.3 is 15.3 Å². The first-order chi connectivity index (χ1) is 17.3. The molecule has 11 heteroatoms. The molecule has 1 saturated heterocycles. The van der Waals surface area contributed by atoms with Crippen molar-refractivity contribution >= 4 is 44.0 Å². The maximum Gasteiger partial charge on any atom is 0.261 e. The monoisotopic (exact) mass is 503 g/mol. The first-order valence-electron chi connectivity index (χ1n) is 11.9. The summed E-state index contributed by atoms with van der Waals surface area (Å²) in [7, 11) is 0. The molecule has 6 rings (SSSR count). The molecule has 0 bridgehead atoms. The van der Waals surface area contributed by atoms with Crippen LogP contribution in [-0.4, -0.2) is 60.5 Å². The third-order valence-electron chi connectivity index (χ3n) is 6.97. The van der Waals surface area contributed by atoms with Crippen LogP contribution >= 0.6 is 11.3 Å². The number of H-pyrrole nitrogens is 2. The van der Waals surface area contributed by atoms with Gasteiger partial charge in [0.15, 0.2) is 0 Å². The SMILES string of the molecule is CC1(C)CCCN1CCNC(=O)c1cnc2c(c1)[nH]c(=O)c1c2nn2cc(-c3ccc(=O)[nH]c3)sc12. The van der Waals surface area contributed by atoms with Gasteiger partial charge in [0.2, 0.25) is 5.56 Å². The lowest BCUT2D eigenvalue weighted by Gasteiger charge is -2.31. The molecule has 0 unspecified atom stereocenters. The predicted octanol–water partition coefficient (Wildman–Crippen LogP) is 2.75. The Kier molecular flexibility index (Phi) is 5.27. The number of thiazole rings is 1. The first-order valence-corrected chi connectivity index (χ1v) is 12.7. The second kappa shape index (κ2) is 8.38. The highest BCUT2D eigenvalue weighted by molar-refractivity contribution is 7.21. The van der Waals surface area contributed by atoms with E-state index in [-0.39, 0.29) is 22.6 Å². The Bertz CT molecular complexity index is 1740. The molecule has 184 valence electrons. The zero-order chi connectivity index (χ0) is 25.0. The smallest absolute Gasteiger partial charge is 0.261 e. The van der Waals surface area contributed by atoms with Crippen molar-refractivity contribution in [3.8, 4) is 10.4 Å². The maximum absolute atomic E-state index is 13.0. The van der Waals surface area contributed by atoms with Gasteiger partial charge in [0.25, 0.3) is 11.5 Å². The number of hydrogen-bond donors (Lipinski definition) is 3. The lowest BCUT2D eigenvalue weighted by atomic mass is 10.0. The first kappa shape index (κ1) is 22.6. The summed E-state index contributed by atoms with van der Waals surface area (Å²) in [5.74, 6) is -0.223. The topological polar surface area (TPSA) is 128 Å². The van der Waals surface area contributed by atoms with Crippen molar-refractivity contribution in [3.63, 3.8) is 0 Å². The van der Waals surface area contributed by atoms with Gasteiger partial charge in [-0.1, -0.05) is 0 Å². The van der Waals surface area contributed by atoms with Crippen LogP contribution in [0.2, 0.25) is 0 Å². The summed E-state index contributed by atoms with van der Waals surface area (Å²) in [4.78, 5) is 51.1. The molecular weight excluding hydrogens is 478 g/mol. The molecule has 3 N–H and O–H groups in total. The van der Waals surface area contributed by atoms with Gasteiger partial charge in [-0.05, 0) is 45.4 Å². The lowest BCUT2D eigenvalue weighted by Crippen LogP contribution is -2.43. The van der Waals surface area contributed by atoms with Crippen molar-refractivity contribution in [2.24, 2.45) is 0 Å². The predicted molar refractivity (Wildman–Crippen MR) is 140 cm³/mol. The van der Waals surface area contributed by atoms with Crippen LogP contribution in [0.1, 0.15) is 37.0 Å². The van der Waals surface area contributed by atoms with E-state index in [1.807, 2.05) is 6.20 Å². The van der Waals surface area contributed by atoms with E-state index in [1.54, 1.807) is 22.8 Å². The Morgan fingerprint density at radius 3 is 2.86 bits per heavy atom. The molecule has 36 heavy (non-hydrogen) atoms. The number of carbonyl (C=O) groups excluding carboxylic acids is 1. The van der Waals surface area contributed by atoms with Crippen molar-refractivity contribution in [2.75, 3.05) is 19.6 Å². The number of amides is 1. The summed E-state index contributed by atoms with van der Waals surface area (Å²) in [5.41, 5.74) is 2.39. The van der Waals surface area contributed by atoms with Gasteiger partial charge in [0.05, 0.1) is 16.0 Å². The number of carbonyl (C=O) groups is 1. The molecule has 0 spiro atoms. The minimum Gasteiger partial charge on any atom is -0.351 e. The van der Waals surface area contributed by atoms with Crippen LogP contribution in [0.5, 0.6) is 0 Å². The standard InChI is InChI=1S/C25H25N7O3S/c1-25(2)6-3-8-31(25)9-7-26-22(34)15-10-16-20(28-12-15)21-19(23(35)29-16)24-32(30-21)13-17(36-24)14-4-5-18(33)27-11-14/h4-5,10-13H,3,6-9H2,1-2H3,(H,26,34)(H,27,33)(H,29,35). The Morgan fingerprint density at radius 2 is 2.11 bits per heavy atom. The number of likely N-dealkylation sites (tertiary alicyclic amines) is 1. The molecule has 0 atom stereocenters. The average Bonchev–Trinajstić information content (AvgIpc) is 3.51. The summed E-state index contributed by atoms with van der Waals surface area (Å²) < 4.78 is 1.66. The minimum atomic E-state index is -0.294. The second-order valence-electron chi connectivity index (χ2n) is 9.74. The molecule has 1 amide bonds. The molecule has 0 radical (unpaired) electrons. The summed E-state index contributed by atoms with van der Waals surface area (Å²) in [5, 5.41) is 8.03. The fourth-order valence-corrected chi connectivity index (χ4v) is 6.04. The van der Waals surface area contributed by atoms with E-state index in [2.05, 4.69) is 44.1 Å². The summed E-state index contributed by atoms with van der Waals surface area (Å²) >= 11 is 1.40. The fraction of sp³-hybridized carbons (Fsp3) is 0.320. The van der Waals surface area contributed by atoms with E-state index < -0.39 is 0 Å². The van der Waals surface area contributed by atoms with Gasteiger partial charge in [-0.3, -0.25) is 24.3 Å². The fourth-order valence-electron chi connectivity index (χ4n) is 4.96. The quantitative estimate of drug-likeness (QED) is 0.338. The van der Waals surface area contributed by atoms with Crippen molar-refractivity contribution in [2.45, 2.75) is 32.2 Å². The Morgan fingerprint density at radius 1 is 1.25 bits per heavy atom. The van der Waals surface area contributed by atoms with Crippen molar-refractivity contribution in [3.05, 3.63) is 63.1 Å².